The molecular weight excluding hydrogens is 372 g/mol. The van der Waals surface area contributed by atoms with E-state index < -0.39 is 11.5 Å². The molecule has 1 aliphatic rings. The first-order chi connectivity index (χ1) is 13.9. The standard InChI is InChI=1S/C23H22O6/c1-13-19(24)10-8-17-22(13)29-12-18(14-3-9-20(25)21(26)11-14)23(17,27)15-4-6-16(28-2)7-5-15/h3-11,18,24-27H,12H2,1-2H3. The maximum atomic E-state index is 12.1. The highest BCUT2D eigenvalue weighted by Gasteiger charge is 2.47. The lowest BCUT2D eigenvalue weighted by Gasteiger charge is -2.42. The molecule has 0 radical (unpaired) electrons. The molecule has 0 spiro atoms. The van der Waals surface area contributed by atoms with Gasteiger partial charge in [0.05, 0.1) is 19.6 Å². The van der Waals surface area contributed by atoms with Gasteiger partial charge in [0.2, 0.25) is 0 Å². The van der Waals surface area contributed by atoms with E-state index in [0.29, 0.717) is 33.8 Å². The van der Waals surface area contributed by atoms with Crippen molar-refractivity contribution in [3.8, 4) is 28.7 Å². The molecule has 150 valence electrons. The molecule has 0 aliphatic carbocycles. The molecule has 2 unspecified atom stereocenters. The number of hydrogen-bond donors (Lipinski definition) is 4. The molecule has 1 aliphatic heterocycles. The van der Waals surface area contributed by atoms with Crippen molar-refractivity contribution >= 4 is 0 Å². The van der Waals surface area contributed by atoms with Gasteiger partial charge >= 0.3 is 0 Å². The molecule has 0 amide bonds. The topological polar surface area (TPSA) is 99.4 Å². The zero-order valence-electron chi connectivity index (χ0n) is 16.1. The third-order valence-corrected chi connectivity index (χ3v) is 5.62. The van der Waals surface area contributed by atoms with Gasteiger partial charge in [-0.15, -0.1) is 0 Å². The van der Waals surface area contributed by atoms with Gasteiger partial charge in [0.15, 0.2) is 11.5 Å². The summed E-state index contributed by atoms with van der Waals surface area (Å²) in [6, 6.07) is 14.7. The number of benzene rings is 3. The normalized spacial score (nSPS) is 20.6. The summed E-state index contributed by atoms with van der Waals surface area (Å²) < 4.78 is 11.2. The minimum atomic E-state index is -1.50. The van der Waals surface area contributed by atoms with Gasteiger partial charge in [0.1, 0.15) is 22.8 Å². The van der Waals surface area contributed by atoms with Crippen LogP contribution in [0, 0.1) is 6.92 Å². The third-order valence-electron chi connectivity index (χ3n) is 5.62. The second-order valence-electron chi connectivity index (χ2n) is 7.19. The zero-order chi connectivity index (χ0) is 20.8. The summed E-state index contributed by atoms with van der Waals surface area (Å²) in [7, 11) is 1.57. The van der Waals surface area contributed by atoms with Gasteiger partial charge in [-0.2, -0.15) is 0 Å². The molecule has 0 bridgehead atoms. The van der Waals surface area contributed by atoms with Crippen LogP contribution in [0.25, 0.3) is 0 Å². The van der Waals surface area contributed by atoms with Crippen molar-refractivity contribution in [3.05, 3.63) is 76.9 Å². The first-order valence-corrected chi connectivity index (χ1v) is 9.21. The molecule has 6 heteroatoms. The summed E-state index contributed by atoms with van der Waals surface area (Å²) in [4.78, 5) is 0. The Morgan fingerprint density at radius 2 is 1.62 bits per heavy atom. The Labute approximate surface area is 168 Å². The Balaban J connectivity index is 1.95. The van der Waals surface area contributed by atoms with Crippen LogP contribution in [-0.4, -0.2) is 34.1 Å². The summed E-state index contributed by atoms with van der Waals surface area (Å²) in [6.07, 6.45) is 0. The van der Waals surface area contributed by atoms with Gasteiger partial charge in [-0.25, -0.2) is 0 Å². The van der Waals surface area contributed by atoms with E-state index in [2.05, 4.69) is 0 Å². The highest BCUT2D eigenvalue weighted by Crippen LogP contribution is 2.52. The molecule has 4 N–H and O–H groups in total. The SMILES string of the molecule is COc1ccc(C2(O)c3ccc(O)c(C)c3OCC2c2ccc(O)c(O)c2)cc1. The number of phenolic OH excluding ortho intramolecular Hbond substituents is 3. The number of aromatic hydroxyl groups is 3. The van der Waals surface area contributed by atoms with E-state index in [9.17, 15) is 20.4 Å². The van der Waals surface area contributed by atoms with E-state index in [1.165, 1.54) is 18.2 Å². The van der Waals surface area contributed by atoms with Crippen LogP contribution in [0.1, 0.15) is 28.2 Å². The summed E-state index contributed by atoms with van der Waals surface area (Å²) >= 11 is 0. The average molecular weight is 394 g/mol. The number of aliphatic hydroxyl groups is 1. The Kier molecular flexibility index (Phi) is 4.51. The van der Waals surface area contributed by atoms with E-state index in [4.69, 9.17) is 9.47 Å². The first-order valence-electron chi connectivity index (χ1n) is 9.21. The Morgan fingerprint density at radius 3 is 2.28 bits per heavy atom. The van der Waals surface area contributed by atoms with Crippen molar-refractivity contribution in [3.63, 3.8) is 0 Å². The van der Waals surface area contributed by atoms with Gasteiger partial charge in [0, 0.05) is 11.1 Å². The van der Waals surface area contributed by atoms with Crippen LogP contribution in [0.5, 0.6) is 28.7 Å². The molecule has 1 heterocycles. The molecule has 29 heavy (non-hydrogen) atoms. The smallest absolute Gasteiger partial charge is 0.157 e. The molecule has 0 saturated carbocycles. The van der Waals surface area contributed by atoms with Gasteiger partial charge < -0.3 is 29.9 Å². The van der Waals surface area contributed by atoms with Gasteiger partial charge in [-0.3, -0.25) is 0 Å². The predicted octanol–water partition coefficient (Wildman–Crippen LogP) is 3.53. The van der Waals surface area contributed by atoms with E-state index in [1.807, 2.05) is 0 Å². The highest BCUT2D eigenvalue weighted by atomic mass is 16.5. The number of rotatable bonds is 3. The fourth-order valence-electron chi connectivity index (χ4n) is 3.94. The van der Waals surface area contributed by atoms with Crippen molar-refractivity contribution < 1.29 is 29.9 Å². The highest BCUT2D eigenvalue weighted by molar-refractivity contribution is 5.58. The monoisotopic (exact) mass is 394 g/mol. The largest absolute Gasteiger partial charge is 0.508 e. The van der Waals surface area contributed by atoms with E-state index in [-0.39, 0.29) is 23.9 Å². The van der Waals surface area contributed by atoms with Crippen molar-refractivity contribution in [2.75, 3.05) is 13.7 Å². The van der Waals surface area contributed by atoms with Crippen molar-refractivity contribution in [2.24, 2.45) is 0 Å². The van der Waals surface area contributed by atoms with Crippen LogP contribution < -0.4 is 9.47 Å². The van der Waals surface area contributed by atoms with Crippen molar-refractivity contribution in [1.29, 1.82) is 0 Å². The van der Waals surface area contributed by atoms with Crippen LogP contribution in [0.4, 0.5) is 0 Å². The number of hydrogen-bond acceptors (Lipinski definition) is 6. The minimum Gasteiger partial charge on any atom is -0.508 e. The summed E-state index contributed by atoms with van der Waals surface area (Å²) in [6.45, 7) is 1.85. The van der Waals surface area contributed by atoms with Crippen LogP contribution in [0.3, 0.4) is 0 Å². The Bertz CT molecular complexity index is 1060. The fraction of sp³-hybridized carbons (Fsp3) is 0.217. The molecule has 6 nitrogen and oxygen atoms in total. The molecular formula is C23H22O6. The molecule has 0 saturated heterocycles. The van der Waals surface area contributed by atoms with E-state index in [0.717, 1.165) is 0 Å². The van der Waals surface area contributed by atoms with Crippen LogP contribution in [0.2, 0.25) is 0 Å². The lowest BCUT2D eigenvalue weighted by Crippen LogP contribution is -2.42. The number of ether oxygens (including phenoxy) is 2. The second-order valence-corrected chi connectivity index (χ2v) is 7.19. The zero-order valence-corrected chi connectivity index (χ0v) is 16.1. The van der Waals surface area contributed by atoms with Gasteiger partial charge in [-0.05, 0) is 54.4 Å². The van der Waals surface area contributed by atoms with Crippen LogP contribution in [0.15, 0.2) is 54.6 Å². The molecule has 0 fully saturated rings. The average Bonchev–Trinajstić information content (AvgIpc) is 2.73. The maximum Gasteiger partial charge on any atom is 0.157 e. The molecule has 0 aromatic heterocycles. The Morgan fingerprint density at radius 1 is 0.931 bits per heavy atom. The summed E-state index contributed by atoms with van der Waals surface area (Å²) in [5.41, 5.74) is 0.783. The fourth-order valence-corrected chi connectivity index (χ4v) is 3.94. The Hall–Kier alpha value is -3.38. The number of phenols is 3. The summed E-state index contributed by atoms with van der Waals surface area (Å²) in [5, 5.41) is 41.9. The van der Waals surface area contributed by atoms with Crippen LogP contribution in [-0.2, 0) is 5.60 Å². The third kappa shape index (κ3) is 2.93. The molecule has 3 aromatic rings. The minimum absolute atomic E-state index is 0.0848. The van der Waals surface area contributed by atoms with Crippen molar-refractivity contribution in [2.45, 2.75) is 18.4 Å². The van der Waals surface area contributed by atoms with Crippen LogP contribution >= 0.6 is 0 Å². The molecule has 3 aromatic carbocycles. The van der Waals surface area contributed by atoms with Crippen molar-refractivity contribution in [1.82, 2.24) is 0 Å². The van der Waals surface area contributed by atoms with E-state index >= 15 is 0 Å². The molecule has 2 atom stereocenters. The van der Waals surface area contributed by atoms with Gasteiger partial charge in [0.25, 0.3) is 0 Å². The lowest BCUT2D eigenvalue weighted by atomic mass is 9.71. The number of methoxy groups -OCH3 is 1. The number of fused-ring (bicyclic) bond motifs is 1. The van der Waals surface area contributed by atoms with E-state index in [1.54, 1.807) is 50.4 Å². The maximum absolute atomic E-state index is 12.1. The van der Waals surface area contributed by atoms with Gasteiger partial charge in [-0.1, -0.05) is 18.2 Å². The molecule has 4 rings (SSSR count). The first kappa shape index (κ1) is 19.0. The predicted molar refractivity (Wildman–Crippen MR) is 107 cm³/mol. The summed E-state index contributed by atoms with van der Waals surface area (Å²) in [5.74, 6) is 0.0974. The lowest BCUT2D eigenvalue weighted by molar-refractivity contribution is 0.0101. The second kappa shape index (κ2) is 6.90. The quantitative estimate of drug-likeness (QED) is 0.507.